The summed E-state index contributed by atoms with van der Waals surface area (Å²) in [4.78, 5) is 65.3. The number of hydrogen-bond donors (Lipinski definition) is 6. The smallest absolute Gasteiger partial charge is 0.407 e. The van der Waals surface area contributed by atoms with Gasteiger partial charge in [-0.05, 0) is 111 Å². The van der Waals surface area contributed by atoms with Crippen molar-refractivity contribution in [1.82, 2.24) is 10.6 Å². The monoisotopic (exact) mass is 1100 g/mol. The van der Waals surface area contributed by atoms with Crippen molar-refractivity contribution in [2.75, 3.05) is 40.0 Å². The van der Waals surface area contributed by atoms with Crippen molar-refractivity contribution in [3.8, 4) is 5.75 Å². The number of benzene rings is 1. The molecule has 1 aromatic rings. The van der Waals surface area contributed by atoms with Crippen molar-refractivity contribution in [3.63, 3.8) is 0 Å². The van der Waals surface area contributed by atoms with Gasteiger partial charge in [-0.15, -0.1) is 0 Å². The van der Waals surface area contributed by atoms with E-state index in [0.29, 0.717) is 57.4 Å². The molecule has 0 aromatic heterocycles. The first-order valence-electron chi connectivity index (χ1n) is 28.2. The van der Waals surface area contributed by atoms with E-state index in [0.717, 1.165) is 38.5 Å². The third-order valence-electron chi connectivity index (χ3n) is 18.0. The number of ketones is 1. The van der Waals surface area contributed by atoms with Crippen LogP contribution in [-0.4, -0.2) is 157 Å². The van der Waals surface area contributed by atoms with E-state index in [2.05, 4.69) is 37.1 Å². The van der Waals surface area contributed by atoms with Crippen LogP contribution in [0.4, 0.5) is 9.59 Å². The lowest BCUT2D eigenvalue weighted by molar-refractivity contribution is -0.345. The van der Waals surface area contributed by atoms with Gasteiger partial charge in [-0.25, -0.2) is 14.4 Å². The van der Waals surface area contributed by atoms with Crippen molar-refractivity contribution in [2.24, 2.45) is 40.4 Å². The number of esters is 2. The third-order valence-corrected chi connectivity index (χ3v) is 18.0. The van der Waals surface area contributed by atoms with E-state index < -0.39 is 110 Å². The number of allylic oxidation sites excluding steroid dienone is 1. The Labute approximate surface area is 458 Å². The summed E-state index contributed by atoms with van der Waals surface area (Å²) in [6.07, 6.45) is -1.90. The zero-order valence-electron chi connectivity index (χ0n) is 46.6. The van der Waals surface area contributed by atoms with Gasteiger partial charge < -0.3 is 73.7 Å². The lowest BCUT2D eigenvalue weighted by Gasteiger charge is -2.59. The molecule has 0 bridgehead atoms. The Balaban J connectivity index is 1.06. The van der Waals surface area contributed by atoms with Crippen LogP contribution < -0.4 is 15.4 Å². The number of ether oxygens (including phenoxy) is 9. The summed E-state index contributed by atoms with van der Waals surface area (Å²) in [5.74, 6) is -1.71. The highest BCUT2D eigenvalue weighted by Crippen LogP contribution is 2.69. The largest absolute Gasteiger partial charge is 0.497 e. The lowest BCUT2D eigenvalue weighted by atomic mass is 9.46. The molecule has 78 heavy (non-hydrogen) atoms. The summed E-state index contributed by atoms with van der Waals surface area (Å²) in [6.45, 7) is 15.3. The van der Waals surface area contributed by atoms with Gasteiger partial charge in [0.1, 0.15) is 54.3 Å². The maximum absolute atomic E-state index is 14.4. The molecule has 17 atom stereocenters. The van der Waals surface area contributed by atoms with Crippen LogP contribution >= 0.6 is 0 Å². The van der Waals surface area contributed by atoms with Gasteiger partial charge in [0.15, 0.2) is 24.8 Å². The summed E-state index contributed by atoms with van der Waals surface area (Å²) in [5.41, 5.74) is -1.39. The lowest BCUT2D eigenvalue weighted by Crippen LogP contribution is -2.64. The number of nitrogens with one attached hydrogen (secondary N) is 2. The van der Waals surface area contributed by atoms with Gasteiger partial charge in [-0.2, -0.15) is 0 Å². The second kappa shape index (κ2) is 26.7. The van der Waals surface area contributed by atoms with Crippen molar-refractivity contribution < 1.29 is 87.0 Å². The number of aliphatic hydroxyl groups excluding tert-OH is 3. The minimum atomic E-state index is -1.73. The maximum Gasteiger partial charge on any atom is 0.407 e. The fourth-order valence-electron chi connectivity index (χ4n) is 13.5. The van der Waals surface area contributed by atoms with E-state index in [-0.39, 0.29) is 59.6 Å². The molecule has 2 aliphatic heterocycles. The first-order chi connectivity index (χ1) is 37.1. The predicted molar refractivity (Wildman–Crippen MR) is 282 cm³/mol. The zero-order chi connectivity index (χ0) is 56.5. The Morgan fingerprint density at radius 3 is 2.14 bits per heavy atom. The van der Waals surface area contributed by atoms with Crippen LogP contribution in [0.5, 0.6) is 5.75 Å². The number of methoxy groups -OCH3 is 1. The van der Waals surface area contributed by atoms with Crippen molar-refractivity contribution in [3.05, 3.63) is 54.1 Å². The van der Waals surface area contributed by atoms with Gasteiger partial charge in [-0.3, -0.25) is 9.59 Å². The number of rotatable bonds is 23. The molecule has 436 valence electrons. The molecule has 4 aliphatic carbocycles. The number of hydrogen-bond acceptors (Lipinski definition) is 18. The molecule has 0 spiro atoms. The van der Waals surface area contributed by atoms with Crippen LogP contribution in [0.2, 0.25) is 0 Å². The molecular formula is C58H86N2O18. The first kappa shape index (κ1) is 61.0. The second-order valence-corrected chi connectivity index (χ2v) is 23.2. The van der Waals surface area contributed by atoms with E-state index in [1.165, 1.54) is 37.8 Å². The summed E-state index contributed by atoms with van der Waals surface area (Å²) >= 11 is 0. The quantitative estimate of drug-likeness (QED) is 0.0307. The predicted octanol–water partition coefficient (Wildman–Crippen LogP) is 6.23. The van der Waals surface area contributed by atoms with E-state index in [4.69, 9.17) is 42.6 Å². The van der Waals surface area contributed by atoms with E-state index in [9.17, 15) is 44.4 Å². The van der Waals surface area contributed by atoms with Crippen LogP contribution in [0.25, 0.3) is 0 Å². The molecule has 20 heteroatoms. The van der Waals surface area contributed by atoms with Crippen molar-refractivity contribution >= 4 is 29.9 Å². The molecule has 7 rings (SSSR count). The highest BCUT2D eigenvalue weighted by molar-refractivity contribution is 5.89. The molecule has 3 saturated carbocycles. The Morgan fingerprint density at radius 2 is 1.49 bits per heavy atom. The summed E-state index contributed by atoms with van der Waals surface area (Å²) in [6, 6.07) is 6.02. The van der Waals surface area contributed by atoms with Crippen LogP contribution in [0.3, 0.4) is 0 Å². The van der Waals surface area contributed by atoms with E-state index >= 15 is 0 Å². The highest BCUT2D eigenvalue weighted by atomic mass is 16.8. The number of carbonyl (C=O) groups excluding carboxylic acids is 5. The van der Waals surface area contributed by atoms with Crippen molar-refractivity contribution in [1.29, 1.82) is 0 Å². The van der Waals surface area contributed by atoms with Gasteiger partial charge in [0.2, 0.25) is 0 Å². The molecule has 2 amide bonds. The minimum Gasteiger partial charge on any atom is -0.497 e. The number of fused-ring (bicyclic) bond motifs is 5. The fraction of sp³-hybridized carbons (Fsp3) is 0.741. The summed E-state index contributed by atoms with van der Waals surface area (Å²) < 4.78 is 52.9. The molecule has 6 aliphatic rings. The molecular weight excluding hydrogens is 1010 g/mol. The summed E-state index contributed by atoms with van der Waals surface area (Å²) in [7, 11) is 1.48. The Kier molecular flexibility index (Phi) is 20.9. The molecule has 1 aromatic carbocycles. The molecule has 6 N–H and O–H groups in total. The standard InChI is InChI=1S/C58H86N2O18/c1-9-28-71-54(67)59-26-12-10-11-13-27-60-55(68)75-39-22-24-56(6)37(29-39)17-20-40-41(56)23-25-57(7)42(40)30-46(58(57,69)34(4)43(62)21-14-33(2)3)76-53-50(74-35(5)61)48(45(64)32-73-53)78-52-49(47(65)44(63)31-72-52)77-51(66)36-15-18-38(70-8)19-16-36/h9,15-19,33-34,39-42,44-50,52-53,63-65,69H,1,10-14,20-32H2,2-8H3,(H,59,67)(H,60,68)/t34-,39+,40-,41?,42+,44-,45+,46+,47+,48+,49-,50-,52+,53+,56+,57+,58-/m1/s1. The van der Waals surface area contributed by atoms with E-state index in [1.807, 2.05) is 13.8 Å². The normalized spacial score (nSPS) is 35.6. The SMILES string of the molecule is C=CCOC(=O)NCCCCCCNC(=O)O[C@H]1CC[C@@]2(C)C(=CC[C@@H]3C2CC[C@@]2(C)[C@H]3C[C@H](O[C@@H]3OC[C@H](O)[C@H](O[C@@H]4OC[C@@H](O)[C@H](O)[C@H]4OC(=O)c4ccc(OC)cc4)[C@H]3OC(C)=O)[C@]2(O)[C@H](C)C(=O)CCC(C)C)C1. The van der Waals surface area contributed by atoms with Crippen LogP contribution in [-0.2, 0) is 47.5 Å². The number of amides is 2. The molecule has 2 saturated heterocycles. The average molecular weight is 1100 g/mol. The number of unbranched alkanes of at least 4 members (excludes halogenated alkanes) is 3. The number of carbonyl (C=O) groups is 5. The van der Waals surface area contributed by atoms with Gasteiger partial charge in [-0.1, -0.05) is 71.8 Å². The number of aliphatic hydroxyl groups is 4. The molecule has 0 radical (unpaired) electrons. The zero-order valence-corrected chi connectivity index (χ0v) is 46.6. The maximum atomic E-state index is 14.4. The van der Waals surface area contributed by atoms with E-state index in [1.54, 1.807) is 19.1 Å². The average Bonchev–Trinajstić information content (AvgIpc) is 3.15. The highest BCUT2D eigenvalue weighted by Gasteiger charge is 2.71. The van der Waals surface area contributed by atoms with Crippen LogP contribution in [0.15, 0.2) is 48.6 Å². The Morgan fingerprint density at radius 1 is 0.821 bits per heavy atom. The number of alkyl carbamates (subject to hydrolysis) is 2. The Hall–Kier alpha value is -4.67. The minimum absolute atomic E-state index is 0.0930. The van der Waals surface area contributed by atoms with Gasteiger partial charge in [0, 0.05) is 44.2 Å². The second-order valence-electron chi connectivity index (χ2n) is 23.2. The van der Waals surface area contributed by atoms with Crippen LogP contribution in [0.1, 0.15) is 135 Å². The van der Waals surface area contributed by atoms with Gasteiger partial charge in [0.25, 0.3) is 0 Å². The van der Waals surface area contributed by atoms with Crippen LogP contribution in [0, 0.1) is 40.4 Å². The first-order valence-corrected chi connectivity index (χ1v) is 28.2. The molecule has 20 nitrogen and oxygen atoms in total. The van der Waals surface area contributed by atoms with Crippen molar-refractivity contribution in [2.45, 2.75) is 192 Å². The molecule has 2 heterocycles. The topological polar surface area (TPSA) is 273 Å². The molecule has 5 fully saturated rings. The number of Topliss-reactive ketones (excluding diaryl/α,β-unsaturated/α-hetero) is 1. The molecule has 1 unspecified atom stereocenters. The summed E-state index contributed by atoms with van der Waals surface area (Å²) in [5, 5.41) is 52.6. The third kappa shape index (κ3) is 13.6. The van der Waals surface area contributed by atoms with Gasteiger partial charge in [0.05, 0.1) is 32.0 Å². The Bertz CT molecular complexity index is 2260. The fourth-order valence-corrected chi connectivity index (χ4v) is 13.5. The van der Waals surface area contributed by atoms with Gasteiger partial charge >= 0.3 is 24.1 Å².